The van der Waals surface area contributed by atoms with Gasteiger partial charge in [-0.15, -0.1) is 0 Å². The fourth-order valence-electron chi connectivity index (χ4n) is 2.18. The molecule has 0 bridgehead atoms. The van der Waals surface area contributed by atoms with E-state index >= 15 is 0 Å². The van der Waals surface area contributed by atoms with Crippen LogP contribution in [0.15, 0.2) is 27.6 Å². The van der Waals surface area contributed by atoms with E-state index in [1.54, 1.807) is 0 Å². The molecule has 21 heavy (non-hydrogen) atoms. The lowest BCUT2D eigenvalue weighted by molar-refractivity contribution is 0.0887. The number of amides is 1. The monoisotopic (exact) mass is 376 g/mol. The van der Waals surface area contributed by atoms with Crippen molar-refractivity contribution in [2.24, 2.45) is 5.14 Å². The Morgan fingerprint density at radius 1 is 1.24 bits per heavy atom. The van der Waals surface area contributed by atoms with Crippen LogP contribution < -0.4 is 10.5 Å². The summed E-state index contributed by atoms with van der Waals surface area (Å²) in [7, 11) is -3.84. The van der Waals surface area contributed by atoms with Gasteiger partial charge in [0.25, 0.3) is 5.91 Å². The summed E-state index contributed by atoms with van der Waals surface area (Å²) in [6.45, 7) is 6.05. The molecule has 0 spiro atoms. The molecule has 0 fully saturated rings. The quantitative estimate of drug-likeness (QED) is 0.799. The van der Waals surface area contributed by atoms with E-state index in [1.807, 2.05) is 20.8 Å². The predicted octanol–water partition coefficient (Wildman–Crippen LogP) is 2.80. The number of carbonyl (C=O) groups is 1. The molecule has 1 amide bonds. The lowest BCUT2D eigenvalue weighted by Crippen LogP contribution is -2.47. The van der Waals surface area contributed by atoms with Gasteiger partial charge in [0.15, 0.2) is 0 Å². The molecule has 0 heterocycles. The lowest BCUT2D eigenvalue weighted by atomic mass is 9.89. The van der Waals surface area contributed by atoms with Gasteiger partial charge in [-0.3, -0.25) is 4.79 Å². The van der Waals surface area contributed by atoms with E-state index in [2.05, 4.69) is 21.2 Å². The van der Waals surface area contributed by atoms with Crippen molar-refractivity contribution >= 4 is 31.9 Å². The number of carbonyl (C=O) groups excluding carboxylic acids is 1. The van der Waals surface area contributed by atoms with Gasteiger partial charge in [-0.2, -0.15) is 0 Å². The summed E-state index contributed by atoms with van der Waals surface area (Å²) in [6, 6.07) is 4.17. The van der Waals surface area contributed by atoms with Crippen molar-refractivity contribution in [2.75, 3.05) is 0 Å². The van der Waals surface area contributed by atoms with Crippen molar-refractivity contribution < 1.29 is 13.2 Å². The topological polar surface area (TPSA) is 89.3 Å². The first kappa shape index (κ1) is 18.1. The first-order valence-corrected chi connectivity index (χ1v) is 9.18. The summed E-state index contributed by atoms with van der Waals surface area (Å²) in [5.74, 6) is -0.307. The second-order valence-corrected chi connectivity index (χ2v) is 7.40. The van der Waals surface area contributed by atoms with Crippen LogP contribution in [0.5, 0.6) is 0 Å². The molecule has 7 heteroatoms. The summed E-state index contributed by atoms with van der Waals surface area (Å²) >= 11 is 3.27. The van der Waals surface area contributed by atoms with Gasteiger partial charge in [0.2, 0.25) is 10.0 Å². The molecule has 5 nitrogen and oxygen atoms in total. The van der Waals surface area contributed by atoms with E-state index in [0.717, 1.165) is 19.3 Å². The van der Waals surface area contributed by atoms with Gasteiger partial charge in [0, 0.05) is 10.0 Å². The third kappa shape index (κ3) is 4.28. The highest BCUT2D eigenvalue weighted by atomic mass is 79.9. The van der Waals surface area contributed by atoms with Crippen molar-refractivity contribution in [2.45, 2.75) is 50.5 Å². The maximum absolute atomic E-state index is 12.5. The first-order valence-electron chi connectivity index (χ1n) is 6.84. The molecule has 118 valence electrons. The van der Waals surface area contributed by atoms with Gasteiger partial charge in [-0.1, -0.05) is 20.8 Å². The van der Waals surface area contributed by atoms with Gasteiger partial charge >= 0.3 is 0 Å². The largest absolute Gasteiger partial charge is 0.347 e. The molecule has 0 aliphatic carbocycles. The van der Waals surface area contributed by atoms with Crippen LogP contribution in [0.1, 0.15) is 50.4 Å². The molecule has 1 rings (SSSR count). The van der Waals surface area contributed by atoms with Crippen molar-refractivity contribution in [3.05, 3.63) is 28.2 Å². The number of hydrogen-bond acceptors (Lipinski definition) is 3. The Morgan fingerprint density at radius 2 is 1.76 bits per heavy atom. The molecule has 0 unspecified atom stereocenters. The SMILES string of the molecule is CCC(CC)(CC)NC(=O)c1cc(S(N)(=O)=O)ccc1Br. The molecule has 0 saturated carbocycles. The van der Waals surface area contributed by atoms with E-state index in [4.69, 9.17) is 5.14 Å². The lowest BCUT2D eigenvalue weighted by Gasteiger charge is -2.32. The Morgan fingerprint density at radius 3 is 2.19 bits per heavy atom. The van der Waals surface area contributed by atoms with Crippen LogP contribution in [0, 0.1) is 0 Å². The maximum Gasteiger partial charge on any atom is 0.252 e. The third-order valence-electron chi connectivity index (χ3n) is 3.92. The average molecular weight is 377 g/mol. The minimum Gasteiger partial charge on any atom is -0.347 e. The molecule has 0 saturated heterocycles. The van der Waals surface area contributed by atoms with E-state index in [1.165, 1.54) is 18.2 Å². The molecule has 0 aliphatic heterocycles. The van der Waals surface area contributed by atoms with E-state index < -0.39 is 10.0 Å². The number of hydrogen-bond donors (Lipinski definition) is 2. The highest BCUT2D eigenvalue weighted by molar-refractivity contribution is 9.10. The van der Waals surface area contributed by atoms with E-state index in [0.29, 0.717) is 4.47 Å². The Balaban J connectivity index is 3.19. The summed E-state index contributed by atoms with van der Waals surface area (Å²) in [5, 5.41) is 8.12. The normalized spacial score (nSPS) is 12.2. The predicted molar refractivity (Wildman–Crippen MR) is 86.6 cm³/mol. The second kappa shape index (κ2) is 6.89. The minimum atomic E-state index is -3.84. The zero-order chi connectivity index (χ0) is 16.3. The Labute approximate surface area is 134 Å². The van der Waals surface area contributed by atoms with Crippen molar-refractivity contribution in [1.82, 2.24) is 5.32 Å². The van der Waals surface area contributed by atoms with Gasteiger partial charge in [-0.25, -0.2) is 13.6 Å². The van der Waals surface area contributed by atoms with Crippen LogP contribution in [0.4, 0.5) is 0 Å². The number of sulfonamides is 1. The molecule has 1 aromatic carbocycles. The number of benzene rings is 1. The van der Waals surface area contributed by atoms with Crippen LogP contribution in [0.2, 0.25) is 0 Å². The second-order valence-electron chi connectivity index (χ2n) is 4.98. The molecule has 3 N–H and O–H groups in total. The Kier molecular flexibility index (Phi) is 5.95. The number of nitrogens with two attached hydrogens (primary N) is 1. The molecule has 0 aliphatic rings. The Hall–Kier alpha value is -0.920. The zero-order valence-electron chi connectivity index (χ0n) is 12.4. The van der Waals surface area contributed by atoms with Crippen molar-refractivity contribution in [1.29, 1.82) is 0 Å². The van der Waals surface area contributed by atoms with Crippen LogP contribution in [-0.2, 0) is 10.0 Å². The third-order valence-corrected chi connectivity index (χ3v) is 5.52. The maximum atomic E-state index is 12.5. The van der Waals surface area contributed by atoms with E-state index in [-0.39, 0.29) is 21.9 Å². The van der Waals surface area contributed by atoms with Crippen molar-refractivity contribution in [3.8, 4) is 0 Å². The van der Waals surface area contributed by atoms with Crippen LogP contribution in [-0.4, -0.2) is 19.9 Å². The Bertz CT molecular complexity index is 617. The van der Waals surface area contributed by atoms with Gasteiger partial charge in [0.1, 0.15) is 0 Å². The molecule has 0 atom stereocenters. The molecular weight excluding hydrogens is 356 g/mol. The van der Waals surface area contributed by atoms with Gasteiger partial charge in [0.05, 0.1) is 10.5 Å². The van der Waals surface area contributed by atoms with Crippen molar-refractivity contribution in [3.63, 3.8) is 0 Å². The fraction of sp³-hybridized carbons (Fsp3) is 0.500. The summed E-state index contributed by atoms with van der Waals surface area (Å²) < 4.78 is 23.3. The number of rotatable bonds is 6. The fourth-order valence-corrected chi connectivity index (χ4v) is 3.15. The smallest absolute Gasteiger partial charge is 0.252 e. The molecular formula is C14H21BrN2O3S. The van der Waals surface area contributed by atoms with Crippen LogP contribution in [0.3, 0.4) is 0 Å². The van der Waals surface area contributed by atoms with Crippen LogP contribution >= 0.6 is 15.9 Å². The average Bonchev–Trinajstić information content (AvgIpc) is 2.44. The highest BCUT2D eigenvalue weighted by Gasteiger charge is 2.27. The first-order chi connectivity index (χ1) is 9.69. The zero-order valence-corrected chi connectivity index (χ0v) is 14.8. The molecule has 1 aromatic rings. The standard InChI is InChI=1S/C14H21BrN2O3S/c1-4-14(5-2,6-3)17-13(18)11-9-10(21(16,19)20)7-8-12(11)15/h7-9H,4-6H2,1-3H3,(H,17,18)(H2,16,19,20). The number of nitrogens with one attached hydrogen (secondary N) is 1. The molecule has 0 aromatic heterocycles. The summed E-state index contributed by atoms with van der Waals surface area (Å²) in [6.07, 6.45) is 2.41. The minimum absolute atomic E-state index is 0.0778. The summed E-state index contributed by atoms with van der Waals surface area (Å²) in [5.41, 5.74) is -0.0186. The van der Waals surface area contributed by atoms with E-state index in [9.17, 15) is 13.2 Å². The number of primary sulfonamides is 1. The van der Waals surface area contributed by atoms with Gasteiger partial charge < -0.3 is 5.32 Å². The number of halogens is 1. The highest BCUT2D eigenvalue weighted by Crippen LogP contribution is 2.24. The summed E-state index contributed by atoms with van der Waals surface area (Å²) in [4.78, 5) is 12.4. The molecule has 0 radical (unpaired) electrons. The van der Waals surface area contributed by atoms with Gasteiger partial charge in [-0.05, 0) is 53.4 Å². The van der Waals surface area contributed by atoms with Crippen LogP contribution in [0.25, 0.3) is 0 Å².